The minimum atomic E-state index is -2.95. The molecule has 0 aliphatic heterocycles. The van der Waals surface area contributed by atoms with Gasteiger partial charge in [0.2, 0.25) is 0 Å². The molecule has 0 saturated heterocycles. The molecule has 26 heteroatoms. The van der Waals surface area contributed by atoms with Crippen molar-refractivity contribution < 1.29 is 191 Å². The molecule has 0 aromatic rings. The van der Waals surface area contributed by atoms with Crippen molar-refractivity contribution in [1.29, 1.82) is 0 Å². The zero-order chi connectivity index (χ0) is 34.1. The Morgan fingerprint density at radius 1 is 0.409 bits per heavy atom. The van der Waals surface area contributed by atoms with Crippen LogP contribution in [-0.2, 0) is 57.8 Å². The molecule has 0 rings (SSSR count). The van der Waals surface area contributed by atoms with Crippen LogP contribution in [0.2, 0.25) is 0 Å². The van der Waals surface area contributed by atoms with E-state index in [2.05, 4.69) is 14.7 Å². The molecular formula is C18H18La2O24. The zero-order valence-electron chi connectivity index (χ0n) is 21.4. The predicted molar refractivity (Wildman–Crippen MR) is 98.8 cm³/mol. The first-order chi connectivity index (χ1) is 18.9. The fourth-order valence-corrected chi connectivity index (χ4v) is 2.15. The molecule has 0 aliphatic rings. The Morgan fingerprint density at radius 2 is 0.568 bits per heavy atom. The Bertz CT molecular complexity index is 916. The van der Waals surface area contributed by atoms with Gasteiger partial charge in [-0.3, -0.25) is 0 Å². The number of hydrogen-bond donors (Lipinski definition) is 6. The van der Waals surface area contributed by atoms with Crippen LogP contribution in [-0.4, -0.2) is 102 Å². The predicted octanol–water partition coefficient (Wildman–Crippen LogP) is -12.0. The number of hydrogen-bond acceptors (Lipinski definition) is 24. The van der Waals surface area contributed by atoms with Gasteiger partial charge in [0.15, 0.2) is 0 Å². The van der Waals surface area contributed by atoms with Crippen LogP contribution in [0.25, 0.3) is 0 Å². The SMILES string of the molecule is O=C([O-])CC(O)(CC(=O)OO)C(=O)[O-].O=C([O-])CC(O)(CC(=O)OO)C(=O)[O-].O=C([O-])CC(O)(CC(=O)OO)C(=O)[O-].[La+3].[La+3]. The van der Waals surface area contributed by atoms with E-state index < -0.39 is 109 Å². The maximum Gasteiger partial charge on any atom is 3.00 e. The molecule has 0 aliphatic carbocycles. The van der Waals surface area contributed by atoms with Gasteiger partial charge in [0.25, 0.3) is 0 Å². The summed E-state index contributed by atoms with van der Waals surface area (Å²) in [5, 5.41) is 111. The van der Waals surface area contributed by atoms with E-state index in [9.17, 15) is 73.8 Å². The van der Waals surface area contributed by atoms with Crippen LogP contribution in [0.1, 0.15) is 38.5 Å². The van der Waals surface area contributed by atoms with Gasteiger partial charge in [-0.2, -0.15) is 15.8 Å². The monoisotopic (exact) mass is 896 g/mol. The van der Waals surface area contributed by atoms with E-state index >= 15 is 0 Å². The minimum absolute atomic E-state index is 0. The van der Waals surface area contributed by atoms with Crippen molar-refractivity contribution in [2.24, 2.45) is 0 Å². The molecule has 0 amide bonds. The number of rotatable bonds is 15. The van der Waals surface area contributed by atoms with Crippen molar-refractivity contribution >= 4 is 53.7 Å². The molecule has 0 aromatic heterocycles. The van der Waals surface area contributed by atoms with E-state index in [0.717, 1.165) is 0 Å². The molecule has 0 bridgehead atoms. The molecule has 0 fully saturated rings. The normalized spacial score (nSPS) is 13.5. The average molecular weight is 896 g/mol. The molecule has 0 aromatic carbocycles. The Hall–Kier alpha value is -2.62. The average Bonchev–Trinajstić information content (AvgIpc) is 2.82. The quantitative estimate of drug-likeness (QED) is 0.0505. The standard InChI is InChI=1S/3C6H8O8.2La/c3*7-3(8)1-6(12,5(10)11)2-4(9)14-13;;/h3*12-13H,1-2H2,(H,7,8)(H,10,11);;/q;;;2*+3/p-6. The van der Waals surface area contributed by atoms with Crippen LogP contribution >= 0.6 is 0 Å². The first-order valence-electron chi connectivity index (χ1n) is 9.89. The van der Waals surface area contributed by atoms with E-state index in [1.165, 1.54) is 0 Å². The number of carbonyl (C=O) groups is 9. The fraction of sp³-hybridized carbons (Fsp3) is 0.500. The van der Waals surface area contributed by atoms with Crippen molar-refractivity contribution in [1.82, 2.24) is 0 Å². The Morgan fingerprint density at radius 3 is 0.659 bits per heavy atom. The van der Waals surface area contributed by atoms with Crippen LogP contribution in [0.3, 0.4) is 0 Å². The molecular weight excluding hydrogens is 878 g/mol. The topological polar surface area (TPSA) is 441 Å². The van der Waals surface area contributed by atoms with E-state index in [1.807, 2.05) is 0 Å². The Kier molecular flexibility index (Phi) is 27.5. The second-order valence-electron chi connectivity index (χ2n) is 7.52. The van der Waals surface area contributed by atoms with Crippen LogP contribution < -0.4 is 30.6 Å². The molecule has 0 radical (unpaired) electrons. The summed E-state index contributed by atoms with van der Waals surface area (Å²) in [5.74, 6) is -16.7. The largest absolute Gasteiger partial charge is 3.00 e. The molecule has 24 nitrogen and oxygen atoms in total. The second kappa shape index (κ2) is 23.7. The fourth-order valence-electron chi connectivity index (χ4n) is 2.15. The molecule has 44 heavy (non-hydrogen) atoms. The van der Waals surface area contributed by atoms with Crippen LogP contribution in [0.15, 0.2) is 0 Å². The molecule has 3 unspecified atom stereocenters. The molecule has 0 spiro atoms. The van der Waals surface area contributed by atoms with E-state index in [4.69, 9.17) is 31.1 Å². The van der Waals surface area contributed by atoms with Gasteiger partial charge < -0.3 is 89.4 Å². The number of aliphatic carboxylic acids is 6. The third-order valence-corrected chi connectivity index (χ3v) is 4.07. The molecule has 0 saturated carbocycles. The summed E-state index contributed by atoms with van der Waals surface area (Å²) < 4.78 is 0. The van der Waals surface area contributed by atoms with Gasteiger partial charge in [0, 0.05) is 37.2 Å². The van der Waals surface area contributed by atoms with Crippen molar-refractivity contribution in [3.8, 4) is 0 Å². The van der Waals surface area contributed by atoms with Crippen molar-refractivity contribution in [2.75, 3.05) is 0 Å². The molecule has 240 valence electrons. The molecule has 6 N–H and O–H groups in total. The van der Waals surface area contributed by atoms with Gasteiger partial charge in [-0.1, -0.05) is 0 Å². The van der Waals surface area contributed by atoms with Gasteiger partial charge in [-0.25, -0.2) is 14.4 Å². The van der Waals surface area contributed by atoms with E-state index in [-0.39, 0.29) is 71.2 Å². The first-order valence-corrected chi connectivity index (χ1v) is 9.89. The minimum Gasteiger partial charge on any atom is -0.550 e. The van der Waals surface area contributed by atoms with E-state index in [1.54, 1.807) is 0 Å². The number of aliphatic hydroxyl groups is 3. The summed E-state index contributed by atoms with van der Waals surface area (Å²) in [6, 6.07) is 0. The Labute approximate surface area is 297 Å². The van der Waals surface area contributed by atoms with Gasteiger partial charge in [-0.15, -0.1) is 0 Å². The molecule has 0 heterocycles. The zero-order valence-corrected chi connectivity index (χ0v) is 28.7. The number of carboxylic acids is 6. The number of carboxylic acid groups (broad SMARTS) is 6. The Balaban J connectivity index is -0.000000169. The van der Waals surface area contributed by atoms with Gasteiger partial charge in [0.1, 0.15) is 16.8 Å². The maximum absolute atomic E-state index is 10.4. The first kappa shape index (κ1) is 51.0. The van der Waals surface area contributed by atoms with Gasteiger partial charge >= 0.3 is 89.1 Å². The summed E-state index contributed by atoms with van der Waals surface area (Å²) in [4.78, 5) is 101. The molecule has 3 atom stereocenters. The van der Waals surface area contributed by atoms with E-state index in [0.29, 0.717) is 0 Å². The van der Waals surface area contributed by atoms with Crippen molar-refractivity contribution in [3.63, 3.8) is 0 Å². The number of carbonyl (C=O) groups excluding carboxylic acids is 9. The third-order valence-electron chi connectivity index (χ3n) is 4.07. The summed E-state index contributed by atoms with van der Waals surface area (Å²) in [6.45, 7) is 0. The second-order valence-corrected chi connectivity index (χ2v) is 7.52. The smallest absolute Gasteiger partial charge is 0.550 e. The summed E-state index contributed by atoms with van der Waals surface area (Å²) in [5.41, 5.74) is -8.84. The maximum atomic E-state index is 10.4. The van der Waals surface area contributed by atoms with Crippen LogP contribution in [0.5, 0.6) is 0 Å². The van der Waals surface area contributed by atoms with Crippen LogP contribution in [0.4, 0.5) is 0 Å². The summed E-state index contributed by atoms with van der Waals surface area (Å²) in [7, 11) is 0. The van der Waals surface area contributed by atoms with Crippen molar-refractivity contribution in [2.45, 2.75) is 55.3 Å². The van der Waals surface area contributed by atoms with Gasteiger partial charge in [0.05, 0.1) is 37.2 Å². The third kappa shape index (κ3) is 22.0. The summed E-state index contributed by atoms with van der Waals surface area (Å²) >= 11 is 0. The van der Waals surface area contributed by atoms with Gasteiger partial charge in [-0.05, 0) is 0 Å². The van der Waals surface area contributed by atoms with Crippen molar-refractivity contribution in [3.05, 3.63) is 0 Å². The van der Waals surface area contributed by atoms with Crippen LogP contribution in [0, 0.1) is 71.2 Å². The summed E-state index contributed by atoms with van der Waals surface area (Å²) in [6.07, 6.45) is -7.78.